The van der Waals surface area contributed by atoms with Gasteiger partial charge in [-0.15, -0.1) is 0 Å². The number of nitrogens with two attached hydrogens (primary N) is 1. The average Bonchev–Trinajstić information content (AvgIpc) is 3.27. The van der Waals surface area contributed by atoms with Crippen LogP contribution in [-0.2, 0) is 16.1 Å². The third-order valence-electron chi connectivity index (χ3n) is 4.84. The molecule has 2 unspecified atom stereocenters. The number of ether oxygens (including phenoxy) is 1. The normalized spacial score (nSPS) is 20.3. The number of carbonyl (C=O) groups excluding carboxylic acids is 2. The first-order chi connectivity index (χ1) is 13.5. The number of hydrogen-bond acceptors (Lipinski definition) is 6. The van der Waals surface area contributed by atoms with Crippen LogP contribution in [0.25, 0.3) is 0 Å². The molecule has 2 aliphatic rings. The van der Waals surface area contributed by atoms with Crippen LogP contribution in [-0.4, -0.2) is 44.9 Å². The van der Waals surface area contributed by atoms with Crippen LogP contribution in [0.4, 0.5) is 5.69 Å². The van der Waals surface area contributed by atoms with Crippen molar-refractivity contribution in [2.75, 3.05) is 6.61 Å². The van der Waals surface area contributed by atoms with Gasteiger partial charge in [-0.1, -0.05) is 11.6 Å². The quantitative estimate of drug-likeness (QED) is 0.559. The lowest BCUT2D eigenvalue weighted by Crippen LogP contribution is -2.47. The fourth-order valence-electron chi connectivity index (χ4n) is 3.52. The molecule has 0 radical (unpaired) electrons. The van der Waals surface area contributed by atoms with Crippen molar-refractivity contribution >= 4 is 35.1 Å². The van der Waals surface area contributed by atoms with Crippen molar-refractivity contribution in [3.8, 4) is 5.75 Å². The highest BCUT2D eigenvalue weighted by molar-refractivity contribution is 6.33. The summed E-state index contributed by atoms with van der Waals surface area (Å²) in [7, 11) is 0. The first-order valence-corrected chi connectivity index (χ1v) is 9.23. The number of benzene rings is 1. The van der Waals surface area contributed by atoms with Gasteiger partial charge in [-0.25, -0.2) is 9.98 Å². The summed E-state index contributed by atoms with van der Waals surface area (Å²) in [5.74, 6) is -0.386. The summed E-state index contributed by atoms with van der Waals surface area (Å²) in [6.45, 7) is 3.11. The van der Waals surface area contributed by atoms with Gasteiger partial charge in [0.2, 0.25) is 11.9 Å². The number of rotatable bonds is 6. The maximum Gasteiger partial charge on any atom is 0.259 e. The third-order valence-corrected chi connectivity index (χ3v) is 5.23. The highest BCUT2D eigenvalue weighted by Gasteiger charge is 2.46. The number of hydrogen-bond donors (Lipinski definition) is 2. The molecule has 0 spiro atoms. The van der Waals surface area contributed by atoms with Gasteiger partial charge in [-0.05, 0) is 25.5 Å². The molecule has 0 bridgehead atoms. The second-order valence-electron chi connectivity index (χ2n) is 6.63. The lowest BCUT2D eigenvalue weighted by Gasteiger charge is -2.33. The van der Waals surface area contributed by atoms with E-state index in [1.54, 1.807) is 29.6 Å². The Kier molecular flexibility index (Phi) is 4.68. The molecule has 3 heterocycles. The summed E-state index contributed by atoms with van der Waals surface area (Å²) >= 11 is 6.60. The summed E-state index contributed by atoms with van der Waals surface area (Å²) in [4.78, 5) is 33.8. The van der Waals surface area contributed by atoms with Gasteiger partial charge >= 0.3 is 0 Å². The molecule has 2 amide bonds. The lowest BCUT2D eigenvalue weighted by molar-refractivity contribution is -0.131. The first-order valence-electron chi connectivity index (χ1n) is 8.85. The zero-order valence-corrected chi connectivity index (χ0v) is 15.9. The van der Waals surface area contributed by atoms with Crippen LogP contribution in [0.2, 0.25) is 5.02 Å². The second-order valence-corrected chi connectivity index (χ2v) is 7.00. The smallest absolute Gasteiger partial charge is 0.259 e. The molecule has 9 nitrogen and oxygen atoms in total. The number of imidazole rings is 1. The SMILES string of the molecule is CC1c2c(ccc(OCCCn3ccnc3)c2Cl)N=C2NC(=O)C(C(N)=O)N21. The van der Waals surface area contributed by atoms with Crippen molar-refractivity contribution in [2.45, 2.75) is 32.0 Å². The van der Waals surface area contributed by atoms with Crippen LogP contribution in [0.1, 0.15) is 24.9 Å². The number of nitrogens with one attached hydrogen (secondary N) is 1. The molecule has 28 heavy (non-hydrogen) atoms. The number of aryl methyl sites for hydroxylation is 1. The number of aromatic nitrogens is 2. The van der Waals surface area contributed by atoms with Crippen LogP contribution in [0, 0.1) is 0 Å². The van der Waals surface area contributed by atoms with E-state index >= 15 is 0 Å². The number of nitrogens with zero attached hydrogens (tertiary/aromatic N) is 4. The lowest BCUT2D eigenvalue weighted by atomic mass is 10.0. The highest BCUT2D eigenvalue weighted by atomic mass is 35.5. The van der Waals surface area contributed by atoms with E-state index in [2.05, 4.69) is 15.3 Å². The molecule has 3 N–H and O–H groups in total. The Morgan fingerprint density at radius 3 is 2.96 bits per heavy atom. The Labute approximate surface area is 166 Å². The van der Waals surface area contributed by atoms with Crippen molar-refractivity contribution in [3.05, 3.63) is 41.4 Å². The van der Waals surface area contributed by atoms with Crippen LogP contribution < -0.4 is 15.8 Å². The van der Waals surface area contributed by atoms with Gasteiger partial charge in [0, 0.05) is 24.5 Å². The summed E-state index contributed by atoms with van der Waals surface area (Å²) in [5, 5.41) is 3.02. The maximum atomic E-state index is 12.1. The van der Waals surface area contributed by atoms with Gasteiger partial charge < -0.3 is 19.9 Å². The Morgan fingerprint density at radius 2 is 2.25 bits per heavy atom. The van der Waals surface area contributed by atoms with Crippen LogP contribution >= 0.6 is 11.6 Å². The van der Waals surface area contributed by atoms with Gasteiger partial charge in [-0.3, -0.25) is 14.9 Å². The van der Waals surface area contributed by atoms with E-state index in [1.165, 1.54) is 0 Å². The fourth-order valence-corrected chi connectivity index (χ4v) is 3.89. The Bertz CT molecular complexity index is 958. The number of amides is 2. The molecule has 1 aromatic carbocycles. The van der Waals surface area contributed by atoms with Crippen molar-refractivity contribution in [1.29, 1.82) is 0 Å². The number of primary amides is 1. The van der Waals surface area contributed by atoms with E-state index in [0.29, 0.717) is 34.6 Å². The van der Waals surface area contributed by atoms with Crippen LogP contribution in [0.15, 0.2) is 35.8 Å². The van der Waals surface area contributed by atoms with E-state index in [0.717, 1.165) is 13.0 Å². The minimum Gasteiger partial charge on any atom is -0.492 e. The van der Waals surface area contributed by atoms with E-state index in [4.69, 9.17) is 22.1 Å². The molecule has 2 aliphatic heterocycles. The second kappa shape index (κ2) is 7.16. The predicted octanol–water partition coefficient (Wildman–Crippen LogP) is 1.35. The van der Waals surface area contributed by atoms with Gasteiger partial charge in [-0.2, -0.15) is 0 Å². The molecule has 1 fully saturated rings. The van der Waals surface area contributed by atoms with Crippen molar-refractivity contribution in [1.82, 2.24) is 19.8 Å². The topological polar surface area (TPSA) is 115 Å². The molecule has 0 saturated carbocycles. The summed E-state index contributed by atoms with van der Waals surface area (Å²) in [5.41, 5.74) is 6.73. The predicted molar refractivity (Wildman–Crippen MR) is 102 cm³/mol. The molecule has 2 atom stereocenters. The zero-order valence-electron chi connectivity index (χ0n) is 15.1. The van der Waals surface area contributed by atoms with Gasteiger partial charge in [0.05, 0.1) is 29.7 Å². The monoisotopic (exact) mass is 402 g/mol. The zero-order chi connectivity index (χ0) is 19.8. The number of aliphatic imine (C=N–C) groups is 1. The molecular formula is C18H19ClN6O3. The molecule has 1 saturated heterocycles. The third kappa shape index (κ3) is 3.07. The largest absolute Gasteiger partial charge is 0.492 e. The maximum absolute atomic E-state index is 12.1. The minimum absolute atomic E-state index is 0.305. The Hall–Kier alpha value is -3.07. The van der Waals surface area contributed by atoms with Crippen molar-refractivity contribution in [2.24, 2.45) is 10.7 Å². The fraction of sp³-hybridized carbons (Fsp3) is 0.333. The number of halogens is 1. The summed E-state index contributed by atoms with van der Waals surface area (Å²) < 4.78 is 7.82. The Balaban J connectivity index is 1.54. The van der Waals surface area contributed by atoms with E-state index < -0.39 is 17.9 Å². The number of guanidine groups is 1. The molecule has 10 heteroatoms. The highest BCUT2D eigenvalue weighted by Crippen LogP contribution is 2.44. The number of carbonyl (C=O) groups is 2. The van der Waals surface area contributed by atoms with Crippen molar-refractivity contribution < 1.29 is 14.3 Å². The van der Waals surface area contributed by atoms with Crippen molar-refractivity contribution in [3.63, 3.8) is 0 Å². The minimum atomic E-state index is -1.11. The molecule has 4 rings (SSSR count). The van der Waals surface area contributed by atoms with E-state index in [1.807, 2.05) is 17.7 Å². The van der Waals surface area contributed by atoms with Gasteiger partial charge in [0.25, 0.3) is 5.91 Å². The molecule has 1 aromatic heterocycles. The average molecular weight is 403 g/mol. The standard InChI is InChI=1S/C18H19ClN6O3/c1-10-13-11(22-18-23-17(27)15(16(20)26)25(10)18)3-4-12(14(13)19)28-8-2-6-24-7-5-21-9-24/h3-5,7,9-10,15H,2,6,8H2,1H3,(H2,20,26)(H,22,23,27). The van der Waals surface area contributed by atoms with E-state index in [-0.39, 0.29) is 6.04 Å². The van der Waals surface area contributed by atoms with Gasteiger partial charge in [0.1, 0.15) is 5.75 Å². The first kappa shape index (κ1) is 18.3. The Morgan fingerprint density at radius 1 is 1.43 bits per heavy atom. The molecule has 0 aliphatic carbocycles. The number of fused-ring (bicyclic) bond motifs is 2. The van der Waals surface area contributed by atoms with E-state index in [9.17, 15) is 9.59 Å². The molecule has 146 valence electrons. The van der Waals surface area contributed by atoms with Crippen LogP contribution in [0.5, 0.6) is 5.75 Å². The summed E-state index contributed by atoms with van der Waals surface area (Å²) in [6.07, 6.45) is 6.16. The van der Waals surface area contributed by atoms with Crippen LogP contribution in [0.3, 0.4) is 0 Å². The molecular weight excluding hydrogens is 384 g/mol. The summed E-state index contributed by atoms with van der Waals surface area (Å²) in [6, 6.07) is 2.06. The molecule has 2 aromatic rings. The van der Waals surface area contributed by atoms with Gasteiger partial charge in [0.15, 0.2) is 6.04 Å².